The molecule has 57 heavy (non-hydrogen) atoms. The van der Waals surface area contributed by atoms with Gasteiger partial charge in [0.05, 0.1) is 11.4 Å². The van der Waals surface area contributed by atoms with E-state index in [9.17, 15) is 0 Å². The van der Waals surface area contributed by atoms with Crippen LogP contribution in [0.2, 0.25) is 0 Å². The first kappa shape index (κ1) is 32.9. The molecule has 1 nitrogen and oxygen atoms in total. The summed E-state index contributed by atoms with van der Waals surface area (Å²) in [5.41, 5.74) is 10.4. The fourth-order valence-corrected chi connectivity index (χ4v) is 8.94. The fourth-order valence-electron chi connectivity index (χ4n) is 8.94. The van der Waals surface area contributed by atoms with E-state index in [1.165, 1.54) is 81.7 Å². The maximum atomic E-state index is 2.47. The zero-order valence-electron chi connectivity index (χ0n) is 31.3. The van der Waals surface area contributed by atoms with Crippen LogP contribution in [-0.2, 0) is 0 Å². The third-order valence-electron chi connectivity index (χ3n) is 11.6. The molecule has 0 bridgehead atoms. The van der Waals surface area contributed by atoms with Gasteiger partial charge in [0.2, 0.25) is 0 Å². The highest BCUT2D eigenvalue weighted by Gasteiger charge is 2.22. The first-order valence-corrected chi connectivity index (χ1v) is 19.7. The van der Waals surface area contributed by atoms with Crippen molar-refractivity contribution >= 4 is 70.9 Å². The van der Waals surface area contributed by atoms with Gasteiger partial charge in [-0.3, -0.25) is 0 Å². The Morgan fingerprint density at radius 1 is 0.246 bits per heavy atom. The van der Waals surface area contributed by atoms with Crippen LogP contribution in [-0.4, -0.2) is 0 Å². The number of fused-ring (bicyclic) bond motifs is 8. The molecule has 0 aromatic heterocycles. The van der Waals surface area contributed by atoms with Gasteiger partial charge in [-0.1, -0.05) is 188 Å². The van der Waals surface area contributed by atoms with Gasteiger partial charge in [0.15, 0.2) is 0 Å². The lowest BCUT2D eigenvalue weighted by atomic mass is 9.89. The second-order valence-electron chi connectivity index (χ2n) is 14.9. The third kappa shape index (κ3) is 5.63. The predicted molar refractivity (Wildman–Crippen MR) is 245 cm³/mol. The Kier molecular flexibility index (Phi) is 7.89. The van der Waals surface area contributed by atoms with Gasteiger partial charge >= 0.3 is 0 Å². The van der Waals surface area contributed by atoms with Gasteiger partial charge in [-0.2, -0.15) is 0 Å². The summed E-state index contributed by atoms with van der Waals surface area (Å²) in [5, 5.41) is 12.6. The van der Waals surface area contributed by atoms with Gasteiger partial charge in [-0.25, -0.2) is 0 Å². The number of nitrogens with zero attached hydrogens (tertiary/aromatic N) is 1. The maximum Gasteiger partial charge on any atom is 0.0540 e. The zero-order chi connectivity index (χ0) is 37.7. The number of benzene rings is 11. The monoisotopic (exact) mass is 723 g/mol. The molecule has 0 aliphatic rings. The number of rotatable bonds is 6. The lowest BCUT2D eigenvalue weighted by Gasteiger charge is -2.30. The molecule has 0 amide bonds. The lowest BCUT2D eigenvalue weighted by Crippen LogP contribution is -2.12. The average molecular weight is 724 g/mol. The van der Waals surface area contributed by atoms with Crippen molar-refractivity contribution in [2.24, 2.45) is 0 Å². The minimum Gasteiger partial charge on any atom is -0.309 e. The molecular weight excluding hydrogens is 687 g/mol. The van der Waals surface area contributed by atoms with Gasteiger partial charge in [0.25, 0.3) is 0 Å². The molecule has 0 N–H and O–H groups in total. The van der Waals surface area contributed by atoms with Crippen LogP contribution in [0.3, 0.4) is 0 Å². The Morgan fingerprint density at radius 2 is 0.789 bits per heavy atom. The van der Waals surface area contributed by atoms with E-state index in [0.29, 0.717) is 0 Å². The normalized spacial score (nSPS) is 11.5. The summed E-state index contributed by atoms with van der Waals surface area (Å²) in [6.07, 6.45) is 0. The molecule has 0 aliphatic heterocycles. The Morgan fingerprint density at radius 3 is 1.56 bits per heavy atom. The average Bonchev–Trinajstić information content (AvgIpc) is 3.29. The van der Waals surface area contributed by atoms with Gasteiger partial charge in [-0.05, 0) is 113 Å². The van der Waals surface area contributed by atoms with Crippen LogP contribution in [0, 0.1) is 0 Å². The molecule has 0 atom stereocenters. The van der Waals surface area contributed by atoms with Crippen LogP contribution in [0.5, 0.6) is 0 Å². The third-order valence-corrected chi connectivity index (χ3v) is 11.6. The second kappa shape index (κ2) is 13.7. The van der Waals surface area contributed by atoms with Crippen molar-refractivity contribution in [3.05, 3.63) is 224 Å². The molecule has 11 rings (SSSR count). The fraction of sp³-hybridized carbons (Fsp3) is 0. The number of hydrogen-bond acceptors (Lipinski definition) is 1. The van der Waals surface area contributed by atoms with Crippen LogP contribution >= 0.6 is 0 Å². The molecule has 11 aromatic rings. The Bertz CT molecular complexity index is 3290. The van der Waals surface area contributed by atoms with Crippen molar-refractivity contribution in [1.29, 1.82) is 0 Å². The van der Waals surface area contributed by atoms with E-state index in [1.54, 1.807) is 0 Å². The number of para-hydroxylation sites is 1. The molecule has 1 heteroatoms. The van der Waals surface area contributed by atoms with Crippen LogP contribution in [0.25, 0.3) is 87.2 Å². The Labute approximate surface area is 332 Å². The molecule has 11 aromatic carbocycles. The number of anilines is 3. The first-order chi connectivity index (χ1) is 28.3. The summed E-state index contributed by atoms with van der Waals surface area (Å²) in [6.45, 7) is 0. The minimum absolute atomic E-state index is 1.11. The van der Waals surface area contributed by atoms with Crippen LogP contribution < -0.4 is 4.90 Å². The van der Waals surface area contributed by atoms with Crippen molar-refractivity contribution in [3.63, 3.8) is 0 Å². The maximum absolute atomic E-state index is 2.47. The zero-order valence-corrected chi connectivity index (χ0v) is 31.3. The molecule has 0 saturated carbocycles. The van der Waals surface area contributed by atoms with E-state index in [4.69, 9.17) is 0 Å². The predicted octanol–water partition coefficient (Wildman–Crippen LogP) is 15.9. The van der Waals surface area contributed by atoms with Crippen LogP contribution in [0.15, 0.2) is 224 Å². The first-order valence-electron chi connectivity index (χ1n) is 19.7. The van der Waals surface area contributed by atoms with Crippen LogP contribution in [0.4, 0.5) is 17.1 Å². The quantitative estimate of drug-likeness (QED) is 0.154. The highest BCUT2D eigenvalue weighted by Crippen LogP contribution is 2.47. The molecule has 0 unspecified atom stereocenters. The molecule has 266 valence electrons. The summed E-state index contributed by atoms with van der Waals surface area (Å²) in [5.74, 6) is 0. The van der Waals surface area contributed by atoms with Crippen molar-refractivity contribution in [2.45, 2.75) is 0 Å². The molecule has 0 aliphatic carbocycles. The van der Waals surface area contributed by atoms with E-state index >= 15 is 0 Å². The van der Waals surface area contributed by atoms with Gasteiger partial charge < -0.3 is 4.90 Å². The van der Waals surface area contributed by atoms with E-state index in [-0.39, 0.29) is 0 Å². The van der Waals surface area contributed by atoms with Crippen molar-refractivity contribution in [3.8, 4) is 33.4 Å². The van der Waals surface area contributed by atoms with E-state index in [1.807, 2.05) is 0 Å². The molecular formula is C56H37N. The summed E-state index contributed by atoms with van der Waals surface area (Å²) in [6, 6.07) is 82.2. The summed E-state index contributed by atoms with van der Waals surface area (Å²) in [4.78, 5) is 2.47. The van der Waals surface area contributed by atoms with Crippen LogP contribution in [0.1, 0.15) is 0 Å². The lowest BCUT2D eigenvalue weighted by molar-refractivity contribution is 1.29. The summed E-state index contributed by atoms with van der Waals surface area (Å²) >= 11 is 0. The largest absolute Gasteiger partial charge is 0.309 e. The van der Waals surface area contributed by atoms with Gasteiger partial charge in [0, 0.05) is 16.8 Å². The van der Waals surface area contributed by atoms with E-state index in [2.05, 4.69) is 229 Å². The molecule has 0 fully saturated rings. The standard InChI is InChI=1S/C56H37N/c1-3-15-38(16-4-1)48-22-13-14-26-54(48)57(45-32-33-47-42(35-45)29-27-40-19-7-9-21-46(40)47)55-34-31-43(36-53(55)39-17-5-2-6-18-39)52-37-44-30-28-41-20-8-10-23-49(41)56(44)51-25-12-11-24-50(51)52/h1-37H. The summed E-state index contributed by atoms with van der Waals surface area (Å²) in [7, 11) is 0. The van der Waals surface area contributed by atoms with Crippen molar-refractivity contribution in [1.82, 2.24) is 0 Å². The van der Waals surface area contributed by atoms with Crippen molar-refractivity contribution < 1.29 is 0 Å². The molecule has 0 saturated heterocycles. The molecule has 0 radical (unpaired) electrons. The highest BCUT2D eigenvalue weighted by molar-refractivity contribution is 6.23. The smallest absolute Gasteiger partial charge is 0.0540 e. The SMILES string of the molecule is c1ccc(-c2ccccc2N(c2ccc3c(ccc4ccccc43)c2)c2ccc(-c3cc4ccc5ccccc5c4c4ccccc34)cc2-c2ccccc2)cc1. The van der Waals surface area contributed by atoms with E-state index < -0.39 is 0 Å². The molecule has 0 heterocycles. The molecule has 0 spiro atoms. The summed E-state index contributed by atoms with van der Waals surface area (Å²) < 4.78 is 0. The highest BCUT2D eigenvalue weighted by atomic mass is 15.1. The topological polar surface area (TPSA) is 3.24 Å². The van der Waals surface area contributed by atoms with Crippen molar-refractivity contribution in [2.75, 3.05) is 4.90 Å². The van der Waals surface area contributed by atoms with Gasteiger partial charge in [0.1, 0.15) is 0 Å². The second-order valence-corrected chi connectivity index (χ2v) is 14.9. The number of hydrogen-bond donors (Lipinski definition) is 0. The van der Waals surface area contributed by atoms with Gasteiger partial charge in [-0.15, -0.1) is 0 Å². The van der Waals surface area contributed by atoms with E-state index in [0.717, 1.165) is 22.6 Å². The Balaban J connectivity index is 1.18. The minimum atomic E-state index is 1.11. The Hall–Kier alpha value is -7.48.